The number of hydrogen-bond acceptors (Lipinski definition) is 2. The summed E-state index contributed by atoms with van der Waals surface area (Å²) in [7, 11) is 0. The quantitative estimate of drug-likeness (QED) is 0.869. The van der Waals surface area contributed by atoms with Crippen LogP contribution in [0.5, 0.6) is 0 Å². The van der Waals surface area contributed by atoms with E-state index in [-0.39, 0.29) is 5.91 Å². The van der Waals surface area contributed by atoms with E-state index in [1.165, 1.54) is 32.1 Å². The van der Waals surface area contributed by atoms with Gasteiger partial charge in [-0.1, -0.05) is 37.5 Å². The fourth-order valence-corrected chi connectivity index (χ4v) is 3.75. The highest BCUT2D eigenvalue weighted by Crippen LogP contribution is 2.34. The number of piperidine rings is 1. The standard InChI is InChI=1S/C17H24N2O/c20-16(14-7-3-1-4-8-14)19-15-9-12-18-17(13-15)10-5-2-6-11-17/h1,3-4,7-8,15,18H,2,5-6,9-13H2,(H,19,20). The number of carbonyl (C=O) groups is 1. The van der Waals surface area contributed by atoms with E-state index in [2.05, 4.69) is 10.6 Å². The maximum absolute atomic E-state index is 12.3. The van der Waals surface area contributed by atoms with Gasteiger partial charge < -0.3 is 10.6 Å². The minimum atomic E-state index is 0.0726. The van der Waals surface area contributed by atoms with Gasteiger partial charge in [0.2, 0.25) is 0 Å². The minimum absolute atomic E-state index is 0.0726. The molecule has 1 aromatic rings. The van der Waals surface area contributed by atoms with Crippen LogP contribution in [-0.2, 0) is 0 Å². The lowest BCUT2D eigenvalue weighted by atomic mass is 9.75. The second kappa shape index (κ2) is 5.96. The maximum Gasteiger partial charge on any atom is 0.251 e. The van der Waals surface area contributed by atoms with Crippen LogP contribution < -0.4 is 10.6 Å². The molecule has 1 amide bonds. The average molecular weight is 272 g/mol. The van der Waals surface area contributed by atoms with Crippen LogP contribution in [0.15, 0.2) is 30.3 Å². The van der Waals surface area contributed by atoms with Crippen LogP contribution in [0.4, 0.5) is 0 Å². The first-order valence-corrected chi connectivity index (χ1v) is 7.88. The van der Waals surface area contributed by atoms with E-state index in [0.29, 0.717) is 11.6 Å². The van der Waals surface area contributed by atoms with Gasteiger partial charge in [-0.05, 0) is 44.4 Å². The lowest BCUT2D eigenvalue weighted by Gasteiger charge is -2.44. The van der Waals surface area contributed by atoms with Crippen LogP contribution in [0.2, 0.25) is 0 Å². The molecule has 20 heavy (non-hydrogen) atoms. The van der Waals surface area contributed by atoms with Crippen LogP contribution in [-0.4, -0.2) is 24.0 Å². The Balaban J connectivity index is 1.61. The molecule has 0 radical (unpaired) electrons. The van der Waals surface area contributed by atoms with E-state index in [0.717, 1.165) is 24.9 Å². The van der Waals surface area contributed by atoms with Crippen molar-refractivity contribution < 1.29 is 4.79 Å². The molecule has 0 bridgehead atoms. The van der Waals surface area contributed by atoms with Crippen molar-refractivity contribution >= 4 is 5.91 Å². The molecule has 1 saturated heterocycles. The molecule has 3 rings (SSSR count). The Hall–Kier alpha value is -1.35. The van der Waals surface area contributed by atoms with Gasteiger partial charge in [-0.3, -0.25) is 4.79 Å². The first-order chi connectivity index (χ1) is 9.77. The smallest absolute Gasteiger partial charge is 0.251 e. The summed E-state index contributed by atoms with van der Waals surface area (Å²) >= 11 is 0. The summed E-state index contributed by atoms with van der Waals surface area (Å²) in [6.45, 7) is 1.03. The van der Waals surface area contributed by atoms with Crippen molar-refractivity contribution in [2.24, 2.45) is 0 Å². The SMILES string of the molecule is O=C(NC1CCNC2(CCCCC2)C1)c1ccccc1. The van der Waals surface area contributed by atoms with E-state index in [4.69, 9.17) is 0 Å². The van der Waals surface area contributed by atoms with E-state index in [1.54, 1.807) is 0 Å². The maximum atomic E-state index is 12.3. The molecule has 1 aliphatic carbocycles. The lowest BCUT2D eigenvalue weighted by Crippen LogP contribution is -2.57. The number of benzene rings is 1. The molecule has 2 fully saturated rings. The van der Waals surface area contributed by atoms with Crippen molar-refractivity contribution in [1.29, 1.82) is 0 Å². The third-order valence-electron chi connectivity index (χ3n) is 4.81. The number of amides is 1. The molecular weight excluding hydrogens is 248 g/mol. The number of rotatable bonds is 2. The van der Waals surface area contributed by atoms with Gasteiger partial charge in [-0.2, -0.15) is 0 Å². The summed E-state index contributed by atoms with van der Waals surface area (Å²) in [5.41, 5.74) is 1.06. The highest BCUT2D eigenvalue weighted by molar-refractivity contribution is 5.94. The summed E-state index contributed by atoms with van der Waals surface area (Å²) in [5.74, 6) is 0.0726. The van der Waals surface area contributed by atoms with Crippen LogP contribution >= 0.6 is 0 Å². The van der Waals surface area contributed by atoms with E-state index < -0.39 is 0 Å². The van der Waals surface area contributed by atoms with Crippen molar-refractivity contribution in [3.63, 3.8) is 0 Å². The van der Waals surface area contributed by atoms with Crippen molar-refractivity contribution in [2.45, 2.75) is 56.5 Å². The number of carbonyl (C=O) groups excluding carboxylic acids is 1. The van der Waals surface area contributed by atoms with Gasteiger partial charge in [0.05, 0.1) is 0 Å². The Morgan fingerprint density at radius 1 is 1.15 bits per heavy atom. The molecule has 1 aliphatic heterocycles. The van der Waals surface area contributed by atoms with Crippen molar-refractivity contribution in [1.82, 2.24) is 10.6 Å². The number of hydrogen-bond donors (Lipinski definition) is 2. The number of nitrogens with one attached hydrogen (secondary N) is 2. The Labute approximate surface area is 121 Å². The Bertz CT molecular complexity index is 446. The third-order valence-corrected chi connectivity index (χ3v) is 4.81. The zero-order chi connectivity index (χ0) is 13.8. The molecule has 0 aromatic heterocycles. The Morgan fingerprint density at radius 3 is 2.65 bits per heavy atom. The van der Waals surface area contributed by atoms with Crippen LogP contribution in [0.25, 0.3) is 0 Å². The molecule has 1 saturated carbocycles. The highest BCUT2D eigenvalue weighted by Gasteiger charge is 2.37. The molecule has 108 valence electrons. The molecule has 1 unspecified atom stereocenters. The largest absolute Gasteiger partial charge is 0.349 e. The van der Waals surface area contributed by atoms with Gasteiger partial charge in [0.15, 0.2) is 0 Å². The first kappa shape index (κ1) is 13.6. The van der Waals surface area contributed by atoms with Gasteiger partial charge in [0.1, 0.15) is 0 Å². The van der Waals surface area contributed by atoms with Gasteiger partial charge in [-0.25, -0.2) is 0 Å². The Kier molecular flexibility index (Phi) is 4.06. The zero-order valence-corrected chi connectivity index (χ0v) is 12.0. The second-order valence-electron chi connectivity index (χ2n) is 6.30. The van der Waals surface area contributed by atoms with Crippen LogP contribution in [0.3, 0.4) is 0 Å². The third kappa shape index (κ3) is 3.04. The van der Waals surface area contributed by atoms with Crippen molar-refractivity contribution in [2.75, 3.05) is 6.54 Å². The van der Waals surface area contributed by atoms with E-state index in [1.807, 2.05) is 30.3 Å². The molecule has 2 aliphatic rings. The summed E-state index contributed by atoms with van der Waals surface area (Å²) in [6.07, 6.45) is 8.69. The summed E-state index contributed by atoms with van der Waals surface area (Å²) < 4.78 is 0. The summed E-state index contributed by atoms with van der Waals surface area (Å²) in [5, 5.41) is 6.95. The molecule has 1 aromatic carbocycles. The average Bonchev–Trinajstić information content (AvgIpc) is 2.49. The Morgan fingerprint density at radius 2 is 1.90 bits per heavy atom. The van der Waals surface area contributed by atoms with Crippen molar-refractivity contribution in [3.05, 3.63) is 35.9 Å². The van der Waals surface area contributed by atoms with Crippen LogP contribution in [0, 0.1) is 0 Å². The highest BCUT2D eigenvalue weighted by atomic mass is 16.1. The fourth-order valence-electron chi connectivity index (χ4n) is 3.75. The summed E-state index contributed by atoms with van der Waals surface area (Å²) in [4.78, 5) is 12.3. The molecule has 1 atom stereocenters. The molecule has 3 nitrogen and oxygen atoms in total. The monoisotopic (exact) mass is 272 g/mol. The molecule has 2 N–H and O–H groups in total. The van der Waals surface area contributed by atoms with Gasteiger partial charge in [0, 0.05) is 17.1 Å². The lowest BCUT2D eigenvalue weighted by molar-refractivity contribution is 0.0892. The summed E-state index contributed by atoms with van der Waals surface area (Å²) in [6, 6.07) is 9.86. The topological polar surface area (TPSA) is 41.1 Å². The first-order valence-electron chi connectivity index (χ1n) is 7.88. The van der Waals surface area contributed by atoms with Crippen molar-refractivity contribution in [3.8, 4) is 0 Å². The normalized spacial score (nSPS) is 25.3. The molecule has 1 heterocycles. The zero-order valence-electron chi connectivity index (χ0n) is 12.0. The van der Waals surface area contributed by atoms with Gasteiger partial charge >= 0.3 is 0 Å². The minimum Gasteiger partial charge on any atom is -0.349 e. The van der Waals surface area contributed by atoms with Crippen LogP contribution in [0.1, 0.15) is 55.3 Å². The van der Waals surface area contributed by atoms with E-state index in [9.17, 15) is 4.79 Å². The molecule has 3 heteroatoms. The second-order valence-corrected chi connectivity index (χ2v) is 6.30. The van der Waals surface area contributed by atoms with Gasteiger partial charge in [-0.15, -0.1) is 0 Å². The molecular formula is C17H24N2O. The van der Waals surface area contributed by atoms with E-state index >= 15 is 0 Å². The fraction of sp³-hybridized carbons (Fsp3) is 0.588. The predicted molar refractivity (Wildman–Crippen MR) is 80.7 cm³/mol. The van der Waals surface area contributed by atoms with Gasteiger partial charge in [0.25, 0.3) is 5.91 Å². The molecule has 1 spiro atoms. The predicted octanol–water partition coefficient (Wildman–Crippen LogP) is 2.87.